The molecule has 1 N–H and O–H groups in total. The molecule has 4 nitrogen and oxygen atoms in total. The van der Waals surface area contributed by atoms with Gasteiger partial charge < -0.3 is 15.1 Å². The van der Waals surface area contributed by atoms with E-state index in [0.29, 0.717) is 0 Å². The Kier molecular flexibility index (Phi) is 6.81. The summed E-state index contributed by atoms with van der Waals surface area (Å²) in [5.41, 5.74) is 0. The van der Waals surface area contributed by atoms with Crippen LogP contribution in [0.5, 0.6) is 0 Å². The van der Waals surface area contributed by atoms with E-state index in [1.807, 2.05) is 7.05 Å². The van der Waals surface area contributed by atoms with E-state index in [1.165, 1.54) is 44.9 Å². The van der Waals surface area contributed by atoms with Crippen LogP contribution < -0.4 is 5.32 Å². The summed E-state index contributed by atoms with van der Waals surface area (Å²) in [5, 5.41) is 3.56. The molecular weight excluding hydrogens is 260 g/mol. The summed E-state index contributed by atoms with van der Waals surface area (Å²) in [4.78, 5) is 9.43. The van der Waals surface area contributed by atoms with Crippen LogP contribution in [0.1, 0.15) is 51.9 Å². The number of piperidine rings is 1. The summed E-state index contributed by atoms with van der Waals surface area (Å²) in [6.07, 6.45) is 9.68. The predicted octanol–water partition coefficient (Wildman–Crippen LogP) is 2.56. The summed E-state index contributed by atoms with van der Waals surface area (Å²) in [6, 6.07) is 0.803. The fraction of sp³-hybridized carbons (Fsp3) is 0.941. The predicted molar refractivity (Wildman–Crippen MR) is 90.8 cm³/mol. The molecule has 1 aliphatic carbocycles. The summed E-state index contributed by atoms with van der Waals surface area (Å²) in [7, 11) is 4.19. The molecule has 0 bridgehead atoms. The van der Waals surface area contributed by atoms with Crippen LogP contribution in [-0.2, 0) is 0 Å². The second-order valence-corrected chi connectivity index (χ2v) is 6.94. The van der Waals surface area contributed by atoms with Gasteiger partial charge in [-0.05, 0) is 38.6 Å². The molecule has 1 saturated heterocycles. The number of guanidine groups is 1. The smallest absolute Gasteiger partial charge is 0.193 e. The Morgan fingerprint density at radius 2 is 1.95 bits per heavy atom. The van der Waals surface area contributed by atoms with E-state index in [9.17, 15) is 0 Å². The third-order valence-corrected chi connectivity index (χ3v) is 5.11. The SMILES string of the molecule is CN=C(NCCN(C)C1CCCCC1)N1CCCC(C)C1. The highest BCUT2D eigenvalue weighted by molar-refractivity contribution is 5.79. The Morgan fingerprint density at radius 1 is 1.19 bits per heavy atom. The van der Waals surface area contributed by atoms with Gasteiger partial charge in [-0.25, -0.2) is 0 Å². The maximum absolute atomic E-state index is 4.47. The lowest BCUT2D eigenvalue weighted by Gasteiger charge is -2.34. The highest BCUT2D eigenvalue weighted by atomic mass is 15.3. The van der Waals surface area contributed by atoms with E-state index in [0.717, 1.165) is 44.1 Å². The van der Waals surface area contributed by atoms with E-state index in [1.54, 1.807) is 0 Å². The van der Waals surface area contributed by atoms with Gasteiger partial charge in [0.1, 0.15) is 0 Å². The van der Waals surface area contributed by atoms with Crippen LogP contribution in [0.3, 0.4) is 0 Å². The fourth-order valence-electron chi connectivity index (χ4n) is 3.76. The minimum Gasteiger partial charge on any atom is -0.355 e. The van der Waals surface area contributed by atoms with Crippen LogP contribution in [0.25, 0.3) is 0 Å². The van der Waals surface area contributed by atoms with Gasteiger partial charge in [0.2, 0.25) is 0 Å². The molecule has 0 radical (unpaired) electrons. The van der Waals surface area contributed by atoms with E-state index in [2.05, 4.69) is 34.1 Å². The molecule has 21 heavy (non-hydrogen) atoms. The van der Waals surface area contributed by atoms with Crippen LogP contribution in [0.2, 0.25) is 0 Å². The number of nitrogens with zero attached hydrogens (tertiary/aromatic N) is 3. The molecule has 0 aromatic heterocycles. The van der Waals surface area contributed by atoms with Crippen LogP contribution in [0, 0.1) is 5.92 Å². The first-order valence-electron chi connectivity index (χ1n) is 8.86. The van der Waals surface area contributed by atoms with Crippen LogP contribution in [-0.4, -0.2) is 62.1 Å². The van der Waals surface area contributed by atoms with Gasteiger partial charge in [-0.15, -0.1) is 0 Å². The minimum atomic E-state index is 0.794. The first kappa shape index (κ1) is 16.6. The Morgan fingerprint density at radius 3 is 2.62 bits per heavy atom. The van der Waals surface area contributed by atoms with E-state index >= 15 is 0 Å². The fourth-order valence-corrected chi connectivity index (χ4v) is 3.76. The van der Waals surface area contributed by atoms with Gasteiger partial charge in [-0.2, -0.15) is 0 Å². The average Bonchev–Trinajstić information content (AvgIpc) is 2.52. The summed E-state index contributed by atoms with van der Waals surface area (Å²) in [5.74, 6) is 1.89. The largest absolute Gasteiger partial charge is 0.355 e. The van der Waals surface area contributed by atoms with Crippen molar-refractivity contribution in [3.05, 3.63) is 0 Å². The standard InChI is InChI=1S/C17H34N4/c1-15-8-7-12-21(14-15)17(18-2)19-11-13-20(3)16-9-5-4-6-10-16/h15-16H,4-14H2,1-3H3,(H,18,19). The van der Waals surface area contributed by atoms with Crippen LogP contribution >= 0.6 is 0 Å². The zero-order valence-corrected chi connectivity index (χ0v) is 14.3. The molecule has 1 aliphatic heterocycles. The van der Waals surface area contributed by atoms with Gasteiger partial charge in [0.05, 0.1) is 0 Å². The lowest BCUT2D eigenvalue weighted by molar-refractivity contribution is 0.193. The van der Waals surface area contributed by atoms with Gasteiger partial charge in [0, 0.05) is 39.3 Å². The highest BCUT2D eigenvalue weighted by Crippen LogP contribution is 2.21. The topological polar surface area (TPSA) is 30.9 Å². The summed E-state index contributed by atoms with van der Waals surface area (Å²) < 4.78 is 0. The van der Waals surface area contributed by atoms with Crippen molar-refractivity contribution in [3.8, 4) is 0 Å². The van der Waals surface area contributed by atoms with Crippen LogP contribution in [0.4, 0.5) is 0 Å². The Labute approximate surface area is 131 Å². The molecule has 4 heteroatoms. The zero-order valence-electron chi connectivity index (χ0n) is 14.3. The lowest BCUT2D eigenvalue weighted by atomic mass is 9.94. The number of aliphatic imine (C=N–C) groups is 1. The molecule has 2 aliphatic rings. The van der Waals surface area contributed by atoms with Crippen molar-refractivity contribution in [2.45, 2.75) is 57.9 Å². The Bertz CT molecular complexity index is 323. The number of likely N-dealkylation sites (tertiary alicyclic amines) is 1. The molecule has 1 unspecified atom stereocenters. The van der Waals surface area contributed by atoms with Crippen molar-refractivity contribution < 1.29 is 0 Å². The Balaban J connectivity index is 1.70. The number of hydrogen-bond acceptors (Lipinski definition) is 2. The first-order chi connectivity index (χ1) is 10.2. The van der Waals surface area contributed by atoms with Crippen molar-refractivity contribution in [1.29, 1.82) is 0 Å². The molecule has 1 saturated carbocycles. The molecular formula is C17H34N4. The van der Waals surface area contributed by atoms with Gasteiger partial charge in [-0.3, -0.25) is 4.99 Å². The number of hydrogen-bond donors (Lipinski definition) is 1. The van der Waals surface area contributed by atoms with E-state index < -0.39 is 0 Å². The minimum absolute atomic E-state index is 0.794. The molecule has 1 atom stereocenters. The zero-order chi connectivity index (χ0) is 15.1. The molecule has 1 heterocycles. The van der Waals surface area contributed by atoms with Crippen LogP contribution in [0.15, 0.2) is 4.99 Å². The van der Waals surface area contributed by atoms with E-state index in [4.69, 9.17) is 0 Å². The average molecular weight is 294 g/mol. The van der Waals surface area contributed by atoms with Gasteiger partial charge in [-0.1, -0.05) is 26.2 Å². The second-order valence-electron chi connectivity index (χ2n) is 6.94. The maximum Gasteiger partial charge on any atom is 0.193 e. The number of rotatable bonds is 4. The second kappa shape index (κ2) is 8.62. The monoisotopic (exact) mass is 294 g/mol. The maximum atomic E-state index is 4.47. The lowest BCUT2D eigenvalue weighted by Crippen LogP contribution is -2.48. The molecule has 0 spiro atoms. The molecule has 0 amide bonds. The molecule has 0 aromatic carbocycles. The number of nitrogens with one attached hydrogen (secondary N) is 1. The normalized spacial score (nSPS) is 25.4. The summed E-state index contributed by atoms with van der Waals surface area (Å²) >= 11 is 0. The van der Waals surface area contributed by atoms with Crippen molar-refractivity contribution in [1.82, 2.24) is 15.1 Å². The van der Waals surface area contributed by atoms with Gasteiger partial charge in [0.15, 0.2) is 5.96 Å². The van der Waals surface area contributed by atoms with Crippen molar-refractivity contribution >= 4 is 5.96 Å². The third-order valence-electron chi connectivity index (χ3n) is 5.11. The Hall–Kier alpha value is -0.770. The quantitative estimate of drug-likeness (QED) is 0.638. The van der Waals surface area contributed by atoms with Crippen molar-refractivity contribution in [3.63, 3.8) is 0 Å². The molecule has 0 aromatic rings. The van der Waals surface area contributed by atoms with Gasteiger partial charge >= 0.3 is 0 Å². The highest BCUT2D eigenvalue weighted by Gasteiger charge is 2.20. The molecule has 122 valence electrons. The van der Waals surface area contributed by atoms with E-state index in [-0.39, 0.29) is 0 Å². The number of likely N-dealkylation sites (N-methyl/N-ethyl adjacent to an activating group) is 1. The third kappa shape index (κ3) is 5.17. The first-order valence-corrected chi connectivity index (χ1v) is 8.86. The molecule has 2 fully saturated rings. The molecule has 2 rings (SSSR count). The van der Waals surface area contributed by atoms with Gasteiger partial charge in [0.25, 0.3) is 0 Å². The van der Waals surface area contributed by atoms with Crippen molar-refractivity contribution in [2.24, 2.45) is 10.9 Å². The van der Waals surface area contributed by atoms with Crippen molar-refractivity contribution in [2.75, 3.05) is 40.3 Å². The summed E-state index contributed by atoms with van der Waals surface area (Å²) in [6.45, 7) is 6.77.